The zero-order valence-electron chi connectivity index (χ0n) is 9.12. The molecule has 2 rings (SSSR count). The van der Waals surface area contributed by atoms with Crippen molar-refractivity contribution >= 4 is 5.97 Å². The Balaban J connectivity index is 2.58. The zero-order valence-corrected chi connectivity index (χ0v) is 9.12. The van der Waals surface area contributed by atoms with Gasteiger partial charge in [-0.05, 0) is 23.8 Å². The summed E-state index contributed by atoms with van der Waals surface area (Å²) >= 11 is 0. The smallest absolute Gasteiger partial charge is 0.355 e. The molecule has 0 aliphatic rings. The van der Waals surface area contributed by atoms with Crippen LogP contribution in [0.4, 0.5) is 0 Å². The SMILES string of the molecule is COc1ccc(-c2ccncc2)c(C(=O)O)n1. The predicted molar refractivity (Wildman–Crippen MR) is 61.0 cm³/mol. The first-order valence-corrected chi connectivity index (χ1v) is 4.91. The number of carbonyl (C=O) groups is 1. The Morgan fingerprint density at radius 1 is 1.24 bits per heavy atom. The highest BCUT2D eigenvalue weighted by Crippen LogP contribution is 2.24. The van der Waals surface area contributed by atoms with E-state index in [-0.39, 0.29) is 11.6 Å². The van der Waals surface area contributed by atoms with E-state index in [0.717, 1.165) is 5.56 Å². The van der Waals surface area contributed by atoms with Crippen LogP contribution in [-0.4, -0.2) is 28.2 Å². The molecule has 2 aromatic heterocycles. The second kappa shape index (κ2) is 4.61. The van der Waals surface area contributed by atoms with Gasteiger partial charge in [0.25, 0.3) is 0 Å². The standard InChI is InChI=1S/C12H10N2O3/c1-17-10-3-2-9(11(14-10)12(15)16)8-4-6-13-7-5-8/h2-7H,1H3,(H,15,16). The van der Waals surface area contributed by atoms with Crippen LogP contribution >= 0.6 is 0 Å². The molecule has 2 aromatic rings. The molecule has 0 radical (unpaired) electrons. The van der Waals surface area contributed by atoms with Gasteiger partial charge >= 0.3 is 5.97 Å². The largest absolute Gasteiger partial charge is 0.481 e. The molecule has 0 bridgehead atoms. The lowest BCUT2D eigenvalue weighted by atomic mass is 10.1. The minimum atomic E-state index is -1.09. The molecule has 0 aliphatic carbocycles. The molecule has 0 aliphatic heterocycles. The normalized spacial score (nSPS) is 9.94. The second-order valence-corrected chi connectivity index (χ2v) is 3.29. The summed E-state index contributed by atoms with van der Waals surface area (Å²) in [7, 11) is 1.44. The Morgan fingerprint density at radius 2 is 1.94 bits per heavy atom. The van der Waals surface area contributed by atoms with Crippen molar-refractivity contribution in [3.05, 3.63) is 42.4 Å². The topological polar surface area (TPSA) is 72.3 Å². The Hall–Kier alpha value is -2.43. The van der Waals surface area contributed by atoms with E-state index in [2.05, 4.69) is 9.97 Å². The molecule has 2 heterocycles. The van der Waals surface area contributed by atoms with Crippen LogP contribution in [0, 0.1) is 0 Å². The van der Waals surface area contributed by atoms with E-state index in [1.807, 2.05) is 0 Å². The van der Waals surface area contributed by atoms with Crippen molar-refractivity contribution in [3.8, 4) is 17.0 Å². The number of hydrogen-bond acceptors (Lipinski definition) is 4. The first-order valence-electron chi connectivity index (χ1n) is 4.91. The van der Waals surface area contributed by atoms with Gasteiger partial charge in [-0.15, -0.1) is 0 Å². The summed E-state index contributed by atoms with van der Waals surface area (Å²) in [5.74, 6) is -0.809. The van der Waals surface area contributed by atoms with Crippen molar-refractivity contribution in [3.63, 3.8) is 0 Å². The van der Waals surface area contributed by atoms with Crippen LogP contribution in [0.1, 0.15) is 10.5 Å². The molecule has 0 fully saturated rings. The number of aromatic nitrogens is 2. The Labute approximate surface area is 97.7 Å². The maximum absolute atomic E-state index is 11.1. The number of ether oxygens (including phenoxy) is 1. The lowest BCUT2D eigenvalue weighted by Gasteiger charge is -2.06. The average molecular weight is 230 g/mol. The van der Waals surface area contributed by atoms with Crippen molar-refractivity contribution in [1.29, 1.82) is 0 Å². The maximum Gasteiger partial charge on any atom is 0.355 e. The van der Waals surface area contributed by atoms with Crippen LogP contribution < -0.4 is 4.74 Å². The monoisotopic (exact) mass is 230 g/mol. The number of pyridine rings is 2. The number of methoxy groups -OCH3 is 1. The lowest BCUT2D eigenvalue weighted by Crippen LogP contribution is -2.04. The molecule has 0 amide bonds. The van der Waals surface area contributed by atoms with E-state index < -0.39 is 5.97 Å². The lowest BCUT2D eigenvalue weighted by molar-refractivity contribution is 0.0690. The summed E-state index contributed by atoms with van der Waals surface area (Å²) in [6.07, 6.45) is 3.20. The summed E-state index contributed by atoms with van der Waals surface area (Å²) in [5.41, 5.74) is 1.27. The molecule has 0 aromatic carbocycles. The van der Waals surface area contributed by atoms with E-state index in [9.17, 15) is 4.79 Å². The van der Waals surface area contributed by atoms with Crippen LogP contribution in [-0.2, 0) is 0 Å². The molecular formula is C12H10N2O3. The molecule has 5 nitrogen and oxygen atoms in total. The molecule has 86 valence electrons. The van der Waals surface area contributed by atoms with Crippen molar-refractivity contribution in [2.75, 3.05) is 7.11 Å². The zero-order chi connectivity index (χ0) is 12.3. The predicted octanol–water partition coefficient (Wildman–Crippen LogP) is 1.85. The highest BCUT2D eigenvalue weighted by Gasteiger charge is 2.14. The van der Waals surface area contributed by atoms with Crippen LogP contribution in [0.5, 0.6) is 5.88 Å². The van der Waals surface area contributed by atoms with Crippen molar-refractivity contribution < 1.29 is 14.6 Å². The third-order valence-corrected chi connectivity index (χ3v) is 2.27. The fraction of sp³-hybridized carbons (Fsp3) is 0.0833. The molecular weight excluding hydrogens is 220 g/mol. The molecule has 17 heavy (non-hydrogen) atoms. The van der Waals surface area contributed by atoms with E-state index in [1.165, 1.54) is 7.11 Å². The van der Waals surface area contributed by atoms with Crippen LogP contribution in [0.3, 0.4) is 0 Å². The molecule has 1 N–H and O–H groups in total. The Kier molecular flexibility index (Phi) is 3.00. The minimum Gasteiger partial charge on any atom is -0.481 e. The Bertz CT molecular complexity index is 541. The summed E-state index contributed by atoms with van der Waals surface area (Å²) < 4.78 is 4.91. The highest BCUT2D eigenvalue weighted by molar-refractivity contribution is 5.94. The maximum atomic E-state index is 11.1. The molecule has 0 spiro atoms. The average Bonchev–Trinajstić information content (AvgIpc) is 2.39. The number of aromatic carboxylic acids is 1. The third-order valence-electron chi connectivity index (χ3n) is 2.27. The van der Waals surface area contributed by atoms with E-state index >= 15 is 0 Å². The van der Waals surface area contributed by atoms with Crippen LogP contribution in [0.2, 0.25) is 0 Å². The number of nitrogens with zero attached hydrogens (tertiary/aromatic N) is 2. The van der Waals surface area contributed by atoms with E-state index in [1.54, 1.807) is 36.7 Å². The Morgan fingerprint density at radius 3 is 2.53 bits per heavy atom. The number of rotatable bonds is 3. The second-order valence-electron chi connectivity index (χ2n) is 3.29. The quantitative estimate of drug-likeness (QED) is 0.871. The molecule has 0 saturated heterocycles. The molecule has 0 atom stereocenters. The molecule has 0 unspecified atom stereocenters. The first kappa shape index (κ1) is 11.1. The fourth-order valence-corrected chi connectivity index (χ4v) is 1.48. The van der Waals surface area contributed by atoms with Gasteiger partial charge in [0.15, 0.2) is 5.69 Å². The van der Waals surface area contributed by atoms with Gasteiger partial charge < -0.3 is 9.84 Å². The van der Waals surface area contributed by atoms with Gasteiger partial charge in [0.2, 0.25) is 5.88 Å². The number of hydrogen-bond donors (Lipinski definition) is 1. The van der Waals surface area contributed by atoms with Gasteiger partial charge in [0.1, 0.15) is 0 Å². The molecule has 0 saturated carbocycles. The van der Waals surface area contributed by atoms with Gasteiger partial charge in [-0.2, -0.15) is 0 Å². The minimum absolute atomic E-state index is 0.0319. The molecule has 5 heteroatoms. The van der Waals surface area contributed by atoms with Crippen LogP contribution in [0.15, 0.2) is 36.7 Å². The summed E-state index contributed by atoms with van der Waals surface area (Å²) in [6, 6.07) is 6.76. The van der Waals surface area contributed by atoms with Crippen LogP contribution in [0.25, 0.3) is 11.1 Å². The first-order chi connectivity index (χ1) is 8.22. The number of carboxylic acid groups (broad SMARTS) is 1. The number of carboxylic acids is 1. The van der Waals surface area contributed by atoms with Crippen molar-refractivity contribution in [1.82, 2.24) is 9.97 Å². The van der Waals surface area contributed by atoms with Gasteiger partial charge in [-0.1, -0.05) is 0 Å². The summed E-state index contributed by atoms with van der Waals surface area (Å²) in [6.45, 7) is 0. The van der Waals surface area contributed by atoms with E-state index in [0.29, 0.717) is 5.56 Å². The summed E-state index contributed by atoms with van der Waals surface area (Å²) in [4.78, 5) is 18.9. The third kappa shape index (κ3) is 2.23. The highest BCUT2D eigenvalue weighted by atomic mass is 16.5. The van der Waals surface area contributed by atoms with Crippen molar-refractivity contribution in [2.45, 2.75) is 0 Å². The van der Waals surface area contributed by atoms with Gasteiger partial charge in [-0.3, -0.25) is 4.98 Å². The van der Waals surface area contributed by atoms with E-state index in [4.69, 9.17) is 9.84 Å². The van der Waals surface area contributed by atoms with Gasteiger partial charge in [0.05, 0.1) is 7.11 Å². The van der Waals surface area contributed by atoms with Crippen molar-refractivity contribution in [2.24, 2.45) is 0 Å². The summed E-state index contributed by atoms with van der Waals surface area (Å²) in [5, 5.41) is 9.11. The van der Waals surface area contributed by atoms with Gasteiger partial charge in [-0.25, -0.2) is 9.78 Å². The van der Waals surface area contributed by atoms with Gasteiger partial charge in [0, 0.05) is 24.0 Å². The fourth-order valence-electron chi connectivity index (χ4n) is 1.48.